The van der Waals surface area contributed by atoms with E-state index in [1.54, 1.807) is 48.3 Å². The molecule has 0 amide bonds. The second kappa shape index (κ2) is 9.39. The van der Waals surface area contributed by atoms with Gasteiger partial charge in [-0.2, -0.15) is 4.98 Å². The van der Waals surface area contributed by atoms with Crippen LogP contribution in [-0.4, -0.2) is 76.9 Å². The van der Waals surface area contributed by atoms with Gasteiger partial charge in [0.25, 0.3) is 0 Å². The Morgan fingerprint density at radius 2 is 1.86 bits per heavy atom. The summed E-state index contributed by atoms with van der Waals surface area (Å²) < 4.78 is 28.3. The standard InChI is InChI=1S/C22H35N6O7P/c1-7-21(5,31)36(32,33)35-22(8-2,9-3)10-14-16(29)17(30)20(34-14)28-12-27-13(4)25-26(6)18-15(27)19(28)24-11-23-18/h11-12,14,16-17,20,29-31H,7-10H2,1-6H3/p+1/t14?,16?,17-,20-,21?/m1/s1. The van der Waals surface area contributed by atoms with Crippen LogP contribution >= 0.6 is 7.60 Å². The molecule has 2 aliphatic rings. The third kappa shape index (κ3) is 4.26. The first-order valence-electron chi connectivity index (χ1n) is 12.2. The van der Waals surface area contributed by atoms with Crippen LogP contribution < -0.4 is 9.58 Å². The summed E-state index contributed by atoms with van der Waals surface area (Å²) >= 11 is 0. The Kier molecular flexibility index (Phi) is 7.06. The van der Waals surface area contributed by atoms with E-state index < -0.39 is 43.1 Å². The van der Waals surface area contributed by atoms with Crippen molar-refractivity contribution in [1.82, 2.24) is 14.5 Å². The monoisotopic (exact) mass is 527 g/mol. The molecule has 2 aromatic rings. The molecule has 1 saturated heterocycles. The number of aromatic nitrogens is 4. The molecule has 0 aliphatic carbocycles. The molecule has 0 bridgehead atoms. The number of ether oxygens (including phenoxy) is 1. The highest BCUT2D eigenvalue weighted by Gasteiger charge is 2.53. The molecule has 4 rings (SSSR count). The molecule has 0 radical (unpaired) electrons. The molecule has 0 aromatic carbocycles. The average Bonchev–Trinajstić information content (AvgIpc) is 3.35. The zero-order valence-corrected chi connectivity index (χ0v) is 22.3. The van der Waals surface area contributed by atoms with Crippen molar-refractivity contribution in [3.8, 4) is 0 Å². The fourth-order valence-electron chi connectivity index (χ4n) is 4.74. The van der Waals surface area contributed by atoms with Crippen LogP contribution in [0, 0.1) is 0 Å². The molecule has 200 valence electrons. The maximum atomic E-state index is 13.0. The number of imidazole rings is 1. The van der Waals surface area contributed by atoms with Crippen LogP contribution in [0.5, 0.6) is 0 Å². The summed E-state index contributed by atoms with van der Waals surface area (Å²) in [5.74, 6) is 1.25. The lowest BCUT2D eigenvalue weighted by Crippen LogP contribution is -2.46. The zero-order chi connectivity index (χ0) is 26.6. The van der Waals surface area contributed by atoms with Gasteiger partial charge in [0.15, 0.2) is 29.7 Å². The van der Waals surface area contributed by atoms with Gasteiger partial charge in [-0.25, -0.2) is 14.1 Å². The lowest BCUT2D eigenvalue weighted by molar-refractivity contribution is -0.745. The summed E-state index contributed by atoms with van der Waals surface area (Å²) in [6, 6.07) is 0. The molecule has 36 heavy (non-hydrogen) atoms. The molecule has 4 heterocycles. The Bertz CT molecular complexity index is 1210. The van der Waals surface area contributed by atoms with Gasteiger partial charge >= 0.3 is 13.2 Å². The Hall–Kier alpha value is -1.99. The Morgan fingerprint density at radius 3 is 2.47 bits per heavy atom. The van der Waals surface area contributed by atoms with Crippen LogP contribution in [0.1, 0.15) is 66.5 Å². The van der Waals surface area contributed by atoms with E-state index in [4.69, 9.17) is 9.26 Å². The second-order valence-electron chi connectivity index (χ2n) is 9.76. The Balaban J connectivity index is 1.66. The fourth-order valence-corrected chi connectivity index (χ4v) is 6.20. The number of aliphatic hydroxyl groups is 3. The van der Waals surface area contributed by atoms with Crippen molar-refractivity contribution < 1.29 is 38.6 Å². The van der Waals surface area contributed by atoms with E-state index in [2.05, 4.69) is 15.1 Å². The smallest absolute Gasteiger partial charge is 0.359 e. The van der Waals surface area contributed by atoms with Gasteiger partial charge in [0.05, 0.1) is 11.7 Å². The van der Waals surface area contributed by atoms with E-state index in [0.29, 0.717) is 35.7 Å². The topological polar surface area (TPSA) is 167 Å². The lowest BCUT2D eigenvalue weighted by Gasteiger charge is -2.39. The summed E-state index contributed by atoms with van der Waals surface area (Å²) in [5, 5.41) is 36.6. The largest absolute Gasteiger partial charge is 0.387 e. The number of hydrogen-bond donors (Lipinski definition) is 4. The number of anilines is 1. The van der Waals surface area contributed by atoms with Gasteiger partial charge in [0.1, 0.15) is 12.2 Å². The van der Waals surface area contributed by atoms with Crippen molar-refractivity contribution >= 4 is 30.4 Å². The van der Waals surface area contributed by atoms with Crippen LogP contribution in [0.4, 0.5) is 5.82 Å². The van der Waals surface area contributed by atoms with E-state index >= 15 is 0 Å². The van der Waals surface area contributed by atoms with Gasteiger partial charge in [-0.1, -0.05) is 25.8 Å². The molecular weight excluding hydrogens is 491 g/mol. The number of aliphatic hydroxyl groups excluding tert-OH is 2. The molecular formula is C22H36N6O7P+. The molecule has 0 saturated carbocycles. The molecule has 1 fully saturated rings. The first-order chi connectivity index (χ1) is 16.8. The molecule has 2 aliphatic heterocycles. The SMILES string of the molecule is CCC(CC)(CC1O[C@@H]([n+]2cn3c4c(ncnc42)N(C)N=C3C)[C@H](O)C1O)OP(=O)(O)C(C)(O)CC. The minimum atomic E-state index is -4.45. The van der Waals surface area contributed by atoms with Crippen molar-refractivity contribution in [2.45, 2.75) is 95.8 Å². The lowest BCUT2D eigenvalue weighted by atomic mass is 9.88. The minimum Gasteiger partial charge on any atom is -0.387 e. The highest BCUT2D eigenvalue weighted by molar-refractivity contribution is 7.54. The van der Waals surface area contributed by atoms with Crippen LogP contribution in [0.2, 0.25) is 0 Å². The van der Waals surface area contributed by atoms with Crippen LogP contribution in [0.15, 0.2) is 17.8 Å². The maximum Gasteiger partial charge on any atom is 0.359 e. The first kappa shape index (κ1) is 27.1. The van der Waals surface area contributed by atoms with Crippen molar-refractivity contribution in [2.24, 2.45) is 5.10 Å². The molecule has 14 heteroatoms. The number of rotatable bonds is 9. The van der Waals surface area contributed by atoms with Crippen molar-refractivity contribution in [3.05, 3.63) is 12.7 Å². The van der Waals surface area contributed by atoms with Gasteiger partial charge in [-0.3, -0.25) is 9.09 Å². The van der Waals surface area contributed by atoms with Crippen LogP contribution in [0.25, 0.3) is 11.2 Å². The molecule has 2 aromatic heterocycles. The van der Waals surface area contributed by atoms with Gasteiger partial charge in [0.2, 0.25) is 11.7 Å². The summed E-state index contributed by atoms with van der Waals surface area (Å²) in [6.45, 7) is 8.29. The minimum absolute atomic E-state index is 0.0239. The highest BCUT2D eigenvalue weighted by Crippen LogP contribution is 2.59. The normalized spacial score (nSPS) is 27.7. The van der Waals surface area contributed by atoms with Crippen molar-refractivity contribution in [1.29, 1.82) is 0 Å². The second-order valence-corrected chi connectivity index (χ2v) is 11.9. The summed E-state index contributed by atoms with van der Waals surface area (Å²) in [4.78, 5) is 19.3. The van der Waals surface area contributed by atoms with Gasteiger partial charge < -0.3 is 24.9 Å². The van der Waals surface area contributed by atoms with Gasteiger partial charge in [-0.15, -0.1) is 5.10 Å². The van der Waals surface area contributed by atoms with E-state index in [1.165, 1.54) is 13.3 Å². The predicted molar refractivity (Wildman–Crippen MR) is 130 cm³/mol. The van der Waals surface area contributed by atoms with Crippen molar-refractivity contribution in [3.63, 3.8) is 0 Å². The maximum absolute atomic E-state index is 13.0. The van der Waals surface area contributed by atoms with Crippen molar-refractivity contribution in [2.75, 3.05) is 12.1 Å². The predicted octanol–water partition coefficient (Wildman–Crippen LogP) is 1.24. The Labute approximate surface area is 209 Å². The quantitative estimate of drug-likeness (QED) is 0.275. The van der Waals surface area contributed by atoms with Gasteiger partial charge in [-0.05, 0) is 26.2 Å². The van der Waals surface area contributed by atoms with Crippen LogP contribution in [0.3, 0.4) is 0 Å². The highest BCUT2D eigenvalue weighted by atomic mass is 31.2. The third-order valence-electron chi connectivity index (χ3n) is 7.53. The third-order valence-corrected chi connectivity index (χ3v) is 9.70. The van der Waals surface area contributed by atoms with E-state index in [9.17, 15) is 24.8 Å². The molecule has 13 nitrogen and oxygen atoms in total. The molecule has 6 atom stereocenters. The summed E-state index contributed by atoms with van der Waals surface area (Å²) in [6.07, 6.45) is -0.705. The summed E-state index contributed by atoms with van der Waals surface area (Å²) in [5.41, 5.74) is 0.00134. The van der Waals surface area contributed by atoms with E-state index in [1.807, 2.05) is 6.92 Å². The number of nitrogens with zero attached hydrogens (tertiary/aromatic N) is 6. The number of hydrazone groups is 1. The molecule has 0 spiro atoms. The Morgan fingerprint density at radius 1 is 1.19 bits per heavy atom. The zero-order valence-electron chi connectivity index (χ0n) is 21.4. The fraction of sp³-hybridized carbons (Fsp3) is 0.727. The molecule has 4 N–H and O–H groups in total. The van der Waals surface area contributed by atoms with E-state index in [0.717, 1.165) is 0 Å². The number of hydrogen-bond acceptors (Lipinski definition) is 10. The first-order valence-corrected chi connectivity index (χ1v) is 13.7. The molecule has 4 unspecified atom stereocenters. The average molecular weight is 528 g/mol. The van der Waals surface area contributed by atoms with E-state index in [-0.39, 0.29) is 12.8 Å². The summed E-state index contributed by atoms with van der Waals surface area (Å²) in [7, 11) is -2.67. The van der Waals surface area contributed by atoms with Crippen LogP contribution in [-0.2, 0) is 13.8 Å². The van der Waals surface area contributed by atoms with Gasteiger partial charge in [0, 0.05) is 20.4 Å².